The lowest BCUT2D eigenvalue weighted by Crippen LogP contribution is -2.33. The van der Waals surface area contributed by atoms with E-state index in [0.717, 1.165) is 56.8 Å². The molecule has 1 fully saturated rings. The summed E-state index contributed by atoms with van der Waals surface area (Å²) in [6.45, 7) is 4.71. The average molecular weight is 305 g/mol. The van der Waals surface area contributed by atoms with Gasteiger partial charge in [-0.2, -0.15) is 0 Å². The van der Waals surface area contributed by atoms with Crippen molar-refractivity contribution >= 4 is 5.91 Å². The van der Waals surface area contributed by atoms with Crippen LogP contribution in [0.25, 0.3) is 0 Å². The van der Waals surface area contributed by atoms with Gasteiger partial charge in [-0.25, -0.2) is 0 Å². The molecule has 122 valence electrons. The van der Waals surface area contributed by atoms with E-state index in [1.807, 2.05) is 31.3 Å². The molecular formula is C18H27NO3. The zero-order chi connectivity index (χ0) is 15.8. The highest BCUT2D eigenvalue weighted by Gasteiger charge is 2.16. The summed E-state index contributed by atoms with van der Waals surface area (Å²) in [6.07, 6.45) is 4.19. The second kappa shape index (κ2) is 8.79. The van der Waals surface area contributed by atoms with Crippen molar-refractivity contribution in [2.24, 2.45) is 5.92 Å². The van der Waals surface area contributed by atoms with E-state index in [-0.39, 0.29) is 12.5 Å². The highest BCUT2D eigenvalue weighted by Crippen LogP contribution is 2.19. The molecule has 4 nitrogen and oxygen atoms in total. The molecule has 1 amide bonds. The van der Waals surface area contributed by atoms with E-state index in [0.29, 0.717) is 5.92 Å². The molecule has 2 rings (SSSR count). The van der Waals surface area contributed by atoms with Crippen LogP contribution in [0.15, 0.2) is 24.3 Å². The molecule has 0 aromatic heterocycles. The van der Waals surface area contributed by atoms with Crippen LogP contribution in [0, 0.1) is 5.92 Å². The summed E-state index contributed by atoms with van der Waals surface area (Å²) in [7, 11) is 1.86. The third-order valence-electron chi connectivity index (χ3n) is 4.34. The van der Waals surface area contributed by atoms with E-state index in [1.54, 1.807) is 4.90 Å². The second-order valence-electron chi connectivity index (χ2n) is 5.91. The summed E-state index contributed by atoms with van der Waals surface area (Å²) >= 11 is 0. The summed E-state index contributed by atoms with van der Waals surface area (Å²) in [4.78, 5) is 13.9. The quantitative estimate of drug-likeness (QED) is 0.777. The van der Waals surface area contributed by atoms with E-state index >= 15 is 0 Å². The largest absolute Gasteiger partial charge is 0.483 e. The topological polar surface area (TPSA) is 38.8 Å². The molecule has 0 unspecified atom stereocenters. The van der Waals surface area contributed by atoms with Crippen molar-refractivity contribution in [2.45, 2.75) is 32.6 Å². The number of carbonyl (C=O) groups is 1. The lowest BCUT2D eigenvalue weighted by atomic mass is 9.96. The molecule has 0 radical (unpaired) electrons. The van der Waals surface area contributed by atoms with Gasteiger partial charge in [-0.1, -0.05) is 25.1 Å². The number of hydrogen-bond acceptors (Lipinski definition) is 3. The Hall–Kier alpha value is -1.55. The standard InChI is InChI=1S/C18H27NO3/c1-3-16-6-4-5-7-17(16)22-14-18(20)19(2)11-8-15-9-12-21-13-10-15/h4-7,15H,3,8-14H2,1-2H3. The van der Waals surface area contributed by atoms with Gasteiger partial charge in [0.1, 0.15) is 5.75 Å². The van der Waals surface area contributed by atoms with Crippen molar-refractivity contribution in [1.82, 2.24) is 4.90 Å². The van der Waals surface area contributed by atoms with Gasteiger partial charge in [0.25, 0.3) is 5.91 Å². The molecule has 22 heavy (non-hydrogen) atoms. The van der Waals surface area contributed by atoms with Gasteiger partial charge in [-0.05, 0) is 43.2 Å². The minimum atomic E-state index is 0.0398. The SMILES string of the molecule is CCc1ccccc1OCC(=O)N(C)CCC1CCOCC1. The summed E-state index contributed by atoms with van der Waals surface area (Å²) in [5.74, 6) is 1.54. The summed E-state index contributed by atoms with van der Waals surface area (Å²) < 4.78 is 11.1. The fourth-order valence-electron chi connectivity index (χ4n) is 2.72. The predicted molar refractivity (Wildman–Crippen MR) is 87.1 cm³/mol. The highest BCUT2D eigenvalue weighted by molar-refractivity contribution is 5.77. The predicted octanol–water partition coefficient (Wildman–Crippen LogP) is 2.90. The Morgan fingerprint density at radius 3 is 2.77 bits per heavy atom. The Balaban J connectivity index is 1.73. The van der Waals surface area contributed by atoms with Gasteiger partial charge in [0, 0.05) is 26.8 Å². The van der Waals surface area contributed by atoms with E-state index < -0.39 is 0 Å². The second-order valence-corrected chi connectivity index (χ2v) is 5.91. The van der Waals surface area contributed by atoms with Crippen molar-refractivity contribution in [3.63, 3.8) is 0 Å². The van der Waals surface area contributed by atoms with Crippen molar-refractivity contribution in [1.29, 1.82) is 0 Å². The summed E-state index contributed by atoms with van der Waals surface area (Å²) in [6, 6.07) is 7.89. The number of ether oxygens (including phenoxy) is 2. The molecule has 1 aliphatic heterocycles. The first-order chi connectivity index (χ1) is 10.7. The molecule has 1 aliphatic rings. The van der Waals surface area contributed by atoms with Crippen molar-refractivity contribution < 1.29 is 14.3 Å². The highest BCUT2D eigenvalue weighted by atomic mass is 16.5. The molecule has 1 aromatic rings. The number of nitrogens with zero attached hydrogens (tertiary/aromatic N) is 1. The maximum absolute atomic E-state index is 12.2. The third kappa shape index (κ3) is 5.02. The van der Waals surface area contributed by atoms with Gasteiger partial charge in [0.15, 0.2) is 6.61 Å². The fraction of sp³-hybridized carbons (Fsp3) is 0.611. The zero-order valence-electron chi connectivity index (χ0n) is 13.7. The van der Waals surface area contributed by atoms with Gasteiger partial charge in [0.2, 0.25) is 0 Å². The molecule has 1 heterocycles. The molecule has 0 N–H and O–H groups in total. The number of aryl methyl sites for hydroxylation is 1. The van der Waals surface area contributed by atoms with Crippen LogP contribution in [0.4, 0.5) is 0 Å². The van der Waals surface area contributed by atoms with Crippen LogP contribution in [-0.2, 0) is 16.0 Å². The van der Waals surface area contributed by atoms with E-state index in [1.165, 1.54) is 0 Å². The van der Waals surface area contributed by atoms with Gasteiger partial charge in [-0.3, -0.25) is 4.79 Å². The molecule has 0 atom stereocenters. The van der Waals surface area contributed by atoms with E-state index in [2.05, 4.69) is 6.92 Å². The maximum Gasteiger partial charge on any atom is 0.260 e. The lowest BCUT2D eigenvalue weighted by molar-refractivity contribution is -0.132. The summed E-state index contributed by atoms with van der Waals surface area (Å²) in [5, 5.41) is 0. The molecule has 0 bridgehead atoms. The van der Waals surface area contributed by atoms with Crippen molar-refractivity contribution in [3.05, 3.63) is 29.8 Å². The van der Waals surface area contributed by atoms with Crippen LogP contribution >= 0.6 is 0 Å². The number of rotatable bonds is 7. The molecule has 0 saturated carbocycles. The molecular weight excluding hydrogens is 278 g/mol. The van der Waals surface area contributed by atoms with Crippen LogP contribution in [0.5, 0.6) is 5.75 Å². The van der Waals surface area contributed by atoms with Crippen molar-refractivity contribution in [3.8, 4) is 5.75 Å². The van der Waals surface area contributed by atoms with Gasteiger partial charge in [0.05, 0.1) is 0 Å². The van der Waals surface area contributed by atoms with E-state index in [4.69, 9.17) is 9.47 Å². The minimum Gasteiger partial charge on any atom is -0.483 e. The first-order valence-corrected chi connectivity index (χ1v) is 8.23. The smallest absolute Gasteiger partial charge is 0.260 e. The molecule has 1 aromatic carbocycles. The lowest BCUT2D eigenvalue weighted by Gasteiger charge is -2.25. The Labute approximate surface area is 133 Å². The maximum atomic E-state index is 12.2. The van der Waals surface area contributed by atoms with Crippen LogP contribution in [0.1, 0.15) is 31.7 Å². The van der Waals surface area contributed by atoms with Crippen LogP contribution in [-0.4, -0.2) is 44.2 Å². The number of hydrogen-bond donors (Lipinski definition) is 0. The minimum absolute atomic E-state index is 0.0398. The van der Waals surface area contributed by atoms with Crippen LogP contribution in [0.2, 0.25) is 0 Å². The number of benzene rings is 1. The van der Waals surface area contributed by atoms with E-state index in [9.17, 15) is 4.79 Å². The van der Waals surface area contributed by atoms with Gasteiger partial charge < -0.3 is 14.4 Å². The van der Waals surface area contributed by atoms with Crippen molar-refractivity contribution in [2.75, 3.05) is 33.4 Å². The molecule has 1 saturated heterocycles. The Morgan fingerprint density at radius 1 is 1.32 bits per heavy atom. The Bertz CT molecular complexity index is 469. The molecule has 0 spiro atoms. The van der Waals surface area contributed by atoms with Gasteiger partial charge >= 0.3 is 0 Å². The Morgan fingerprint density at radius 2 is 2.05 bits per heavy atom. The normalized spacial score (nSPS) is 15.5. The Kier molecular flexibility index (Phi) is 6.72. The number of likely N-dealkylation sites (N-methyl/N-ethyl adjacent to an activating group) is 1. The number of para-hydroxylation sites is 1. The summed E-state index contributed by atoms with van der Waals surface area (Å²) in [5.41, 5.74) is 1.14. The zero-order valence-corrected chi connectivity index (χ0v) is 13.7. The first-order valence-electron chi connectivity index (χ1n) is 8.23. The number of amides is 1. The third-order valence-corrected chi connectivity index (χ3v) is 4.34. The molecule has 4 heteroatoms. The average Bonchev–Trinajstić information content (AvgIpc) is 2.58. The monoisotopic (exact) mass is 305 g/mol. The first kappa shape index (κ1) is 16.8. The number of carbonyl (C=O) groups excluding carboxylic acids is 1. The fourth-order valence-corrected chi connectivity index (χ4v) is 2.72. The van der Waals surface area contributed by atoms with Crippen LogP contribution in [0.3, 0.4) is 0 Å². The molecule has 0 aliphatic carbocycles. The van der Waals surface area contributed by atoms with Crippen LogP contribution < -0.4 is 4.74 Å². The van der Waals surface area contributed by atoms with Gasteiger partial charge in [-0.15, -0.1) is 0 Å².